The van der Waals surface area contributed by atoms with E-state index in [1.807, 2.05) is 0 Å². The van der Waals surface area contributed by atoms with Crippen LogP contribution in [0.25, 0.3) is 0 Å². The fraction of sp³-hybridized carbons (Fsp3) is 0.261. The Morgan fingerprint density at radius 2 is 1.87 bits per heavy atom. The highest BCUT2D eigenvalue weighted by molar-refractivity contribution is 6.04. The van der Waals surface area contributed by atoms with E-state index in [0.29, 0.717) is 22.5 Å². The maximum Gasteiger partial charge on any atom is 0.338 e. The van der Waals surface area contributed by atoms with Gasteiger partial charge in [0.15, 0.2) is 0 Å². The molecule has 0 unspecified atom stereocenters. The molecular formula is C23H24FN3O4. The van der Waals surface area contributed by atoms with Crippen molar-refractivity contribution in [2.75, 3.05) is 12.4 Å². The van der Waals surface area contributed by atoms with E-state index in [0.717, 1.165) is 0 Å². The molecule has 3 amide bonds. The van der Waals surface area contributed by atoms with Crippen LogP contribution in [-0.4, -0.2) is 36.0 Å². The third-order valence-corrected chi connectivity index (χ3v) is 4.91. The molecule has 2 aromatic carbocycles. The van der Waals surface area contributed by atoms with Crippen molar-refractivity contribution in [3.63, 3.8) is 0 Å². The highest BCUT2D eigenvalue weighted by Gasteiger charge is 2.35. The molecule has 31 heavy (non-hydrogen) atoms. The Kier molecular flexibility index (Phi) is 6.39. The summed E-state index contributed by atoms with van der Waals surface area (Å²) in [6.45, 7) is 5.16. The average molecular weight is 425 g/mol. The minimum Gasteiger partial charge on any atom is -0.459 e. The van der Waals surface area contributed by atoms with Crippen LogP contribution in [0.15, 0.2) is 59.8 Å². The van der Waals surface area contributed by atoms with Gasteiger partial charge < -0.3 is 20.3 Å². The predicted octanol–water partition coefficient (Wildman–Crippen LogP) is 4.00. The number of ether oxygens (including phenoxy) is 1. The Balaban J connectivity index is 1.94. The molecular weight excluding hydrogens is 401 g/mol. The number of allylic oxidation sites excluding steroid dienone is 1. The number of anilines is 1. The van der Waals surface area contributed by atoms with E-state index < -0.39 is 23.7 Å². The summed E-state index contributed by atoms with van der Waals surface area (Å²) in [7, 11) is 1.56. The third kappa shape index (κ3) is 4.74. The normalized spacial score (nSPS) is 16.3. The van der Waals surface area contributed by atoms with Gasteiger partial charge in [-0.1, -0.05) is 24.3 Å². The number of halogens is 1. The molecule has 0 radical (unpaired) electrons. The first-order valence-electron chi connectivity index (χ1n) is 9.81. The quantitative estimate of drug-likeness (QED) is 0.709. The minimum absolute atomic E-state index is 0.0857. The standard InChI is InChI=1S/C23H24FN3O4/c1-13(2)31-22(29)19-14(3)27(4)23(30)26-20(19)15-8-7-9-16(12-15)25-21(28)17-10-5-6-11-18(17)24/h5-13,20H,1-4H3,(H,25,28)(H,26,30)/t20-/m0/s1. The van der Waals surface area contributed by atoms with E-state index in [-0.39, 0.29) is 17.7 Å². The number of nitrogens with one attached hydrogen (secondary N) is 2. The summed E-state index contributed by atoms with van der Waals surface area (Å²) in [6.07, 6.45) is -0.331. The van der Waals surface area contributed by atoms with Crippen molar-refractivity contribution in [2.24, 2.45) is 0 Å². The van der Waals surface area contributed by atoms with Crippen molar-refractivity contribution in [3.05, 3.63) is 76.7 Å². The Hall–Kier alpha value is -3.68. The molecule has 0 saturated heterocycles. The van der Waals surface area contributed by atoms with Crippen molar-refractivity contribution in [2.45, 2.75) is 32.9 Å². The van der Waals surface area contributed by atoms with Crippen LogP contribution in [0.3, 0.4) is 0 Å². The van der Waals surface area contributed by atoms with Crippen LogP contribution >= 0.6 is 0 Å². The van der Waals surface area contributed by atoms with Crippen molar-refractivity contribution >= 4 is 23.6 Å². The lowest BCUT2D eigenvalue weighted by atomic mass is 9.94. The van der Waals surface area contributed by atoms with E-state index in [1.54, 1.807) is 58.2 Å². The molecule has 1 atom stereocenters. The molecule has 0 bridgehead atoms. The number of esters is 1. The second-order valence-electron chi connectivity index (χ2n) is 7.45. The number of nitrogens with zero attached hydrogens (tertiary/aromatic N) is 1. The lowest BCUT2D eigenvalue weighted by Gasteiger charge is -2.33. The van der Waals surface area contributed by atoms with Gasteiger partial charge in [-0.2, -0.15) is 0 Å². The van der Waals surface area contributed by atoms with Gasteiger partial charge in [-0.3, -0.25) is 4.79 Å². The van der Waals surface area contributed by atoms with Crippen molar-refractivity contribution in [3.8, 4) is 0 Å². The summed E-state index contributed by atoms with van der Waals surface area (Å²) >= 11 is 0. The van der Waals surface area contributed by atoms with Gasteiger partial charge in [-0.25, -0.2) is 14.0 Å². The monoisotopic (exact) mass is 425 g/mol. The molecule has 7 nitrogen and oxygen atoms in total. The summed E-state index contributed by atoms with van der Waals surface area (Å²) < 4.78 is 19.3. The fourth-order valence-corrected chi connectivity index (χ4v) is 3.27. The van der Waals surface area contributed by atoms with Crippen LogP contribution in [0.1, 0.15) is 42.7 Å². The lowest BCUT2D eigenvalue weighted by molar-refractivity contribution is -0.143. The molecule has 2 N–H and O–H groups in total. The number of benzene rings is 2. The van der Waals surface area contributed by atoms with E-state index >= 15 is 0 Å². The molecule has 2 aromatic rings. The van der Waals surface area contributed by atoms with Crippen molar-refractivity contribution in [1.29, 1.82) is 0 Å². The smallest absolute Gasteiger partial charge is 0.338 e. The summed E-state index contributed by atoms with van der Waals surface area (Å²) in [6, 6.07) is 11.2. The van der Waals surface area contributed by atoms with Gasteiger partial charge in [0.05, 0.1) is 23.3 Å². The van der Waals surface area contributed by atoms with Crippen LogP contribution < -0.4 is 10.6 Å². The van der Waals surface area contributed by atoms with Crippen LogP contribution in [0, 0.1) is 5.82 Å². The number of hydrogen-bond donors (Lipinski definition) is 2. The molecule has 0 spiro atoms. The van der Waals surface area contributed by atoms with Crippen LogP contribution in [0.5, 0.6) is 0 Å². The van der Waals surface area contributed by atoms with Crippen molar-refractivity contribution < 1.29 is 23.5 Å². The number of carbonyl (C=O) groups is 3. The van der Waals surface area contributed by atoms with E-state index in [4.69, 9.17) is 4.74 Å². The number of urea groups is 1. The second-order valence-corrected chi connectivity index (χ2v) is 7.45. The van der Waals surface area contributed by atoms with Gasteiger partial charge in [0.25, 0.3) is 5.91 Å². The zero-order valence-electron chi connectivity index (χ0n) is 17.7. The molecule has 1 aliphatic heterocycles. The van der Waals surface area contributed by atoms with Gasteiger partial charge in [0.1, 0.15) is 5.82 Å². The summed E-state index contributed by atoms with van der Waals surface area (Å²) in [5.41, 5.74) is 1.65. The highest BCUT2D eigenvalue weighted by Crippen LogP contribution is 2.32. The van der Waals surface area contributed by atoms with Gasteiger partial charge in [0, 0.05) is 18.4 Å². The first-order chi connectivity index (χ1) is 14.7. The molecule has 3 rings (SSSR count). The molecule has 1 aliphatic rings. The Morgan fingerprint density at radius 1 is 1.16 bits per heavy atom. The highest BCUT2D eigenvalue weighted by atomic mass is 19.1. The van der Waals surface area contributed by atoms with Crippen LogP contribution in [0.4, 0.5) is 14.9 Å². The molecule has 162 valence electrons. The molecule has 0 aliphatic carbocycles. The number of hydrogen-bond acceptors (Lipinski definition) is 4. The maximum atomic E-state index is 13.9. The fourth-order valence-electron chi connectivity index (χ4n) is 3.27. The van der Waals surface area contributed by atoms with Crippen molar-refractivity contribution in [1.82, 2.24) is 10.2 Å². The number of rotatable bonds is 5. The van der Waals surface area contributed by atoms with Gasteiger partial charge >= 0.3 is 12.0 Å². The van der Waals surface area contributed by atoms with E-state index in [1.165, 1.54) is 23.1 Å². The average Bonchev–Trinajstić information content (AvgIpc) is 2.71. The van der Waals surface area contributed by atoms with Gasteiger partial charge in [-0.05, 0) is 50.6 Å². The zero-order valence-corrected chi connectivity index (χ0v) is 17.7. The SMILES string of the molecule is CC1=C(C(=O)OC(C)C)[C@H](c2cccc(NC(=O)c3ccccc3F)c2)NC(=O)N1C. The molecule has 0 fully saturated rings. The second kappa shape index (κ2) is 8.99. The summed E-state index contributed by atoms with van der Waals surface area (Å²) in [4.78, 5) is 38.9. The third-order valence-electron chi connectivity index (χ3n) is 4.91. The van der Waals surface area contributed by atoms with E-state index in [2.05, 4.69) is 10.6 Å². The van der Waals surface area contributed by atoms with Gasteiger partial charge in [0.2, 0.25) is 0 Å². The Bertz CT molecular complexity index is 1060. The van der Waals surface area contributed by atoms with Gasteiger partial charge in [-0.15, -0.1) is 0 Å². The zero-order chi connectivity index (χ0) is 22.7. The Morgan fingerprint density at radius 3 is 2.55 bits per heavy atom. The number of carbonyl (C=O) groups excluding carboxylic acids is 3. The van der Waals surface area contributed by atoms with Crippen LogP contribution in [0.2, 0.25) is 0 Å². The number of amides is 3. The minimum atomic E-state index is -0.764. The first-order valence-corrected chi connectivity index (χ1v) is 9.81. The topological polar surface area (TPSA) is 87.7 Å². The van der Waals surface area contributed by atoms with E-state index in [9.17, 15) is 18.8 Å². The molecule has 0 saturated carbocycles. The summed E-state index contributed by atoms with van der Waals surface area (Å²) in [5.74, 6) is -1.77. The largest absolute Gasteiger partial charge is 0.459 e. The molecule has 0 aromatic heterocycles. The molecule has 1 heterocycles. The lowest BCUT2D eigenvalue weighted by Crippen LogP contribution is -2.46. The molecule has 8 heteroatoms. The predicted molar refractivity (Wildman–Crippen MR) is 114 cm³/mol. The van der Waals surface area contributed by atoms with Crippen LogP contribution in [-0.2, 0) is 9.53 Å². The summed E-state index contributed by atoms with van der Waals surface area (Å²) in [5, 5.41) is 5.45. The Labute approximate surface area is 179 Å². The maximum absolute atomic E-state index is 13.9. The first kappa shape index (κ1) is 22.0.